The zero-order valence-corrected chi connectivity index (χ0v) is 16.5. The predicted molar refractivity (Wildman–Crippen MR) is 103 cm³/mol. The first-order valence-electron chi connectivity index (χ1n) is 9.84. The first-order chi connectivity index (χ1) is 13.6. The van der Waals surface area contributed by atoms with Crippen LogP contribution in [0.1, 0.15) is 38.5 Å². The molecule has 1 aliphatic heterocycles. The molecule has 0 bridgehead atoms. The van der Waals surface area contributed by atoms with Gasteiger partial charge in [0.25, 0.3) is 5.91 Å². The van der Waals surface area contributed by atoms with E-state index < -0.39 is 12.3 Å². The zero-order chi connectivity index (χ0) is 20.1. The number of rotatable bonds is 7. The maximum absolute atomic E-state index is 13.3. The highest BCUT2D eigenvalue weighted by Crippen LogP contribution is 2.30. The number of carbonyl (C=O) groups is 3. The molecular weight excluding hydrogens is 360 g/mol. The minimum absolute atomic E-state index is 0.0215. The molecule has 2 fully saturated rings. The molecule has 0 radical (unpaired) electrons. The molecule has 0 spiro atoms. The Kier molecular flexibility index (Phi) is 6.80. The van der Waals surface area contributed by atoms with Gasteiger partial charge in [0.05, 0.1) is 18.7 Å². The molecule has 7 heteroatoms. The molecule has 28 heavy (non-hydrogen) atoms. The van der Waals surface area contributed by atoms with Crippen LogP contribution in [0.5, 0.6) is 0 Å². The van der Waals surface area contributed by atoms with Crippen LogP contribution < -0.4 is 4.90 Å². The second-order valence-electron chi connectivity index (χ2n) is 7.35. The standard InChI is InChI=1S/C21H28N2O5/c1-27-19(28-2)14-22(20(25)15-9-5-3-6-10-15)17-13-18(24)23(21(17)26)16-11-7-4-8-12-16/h4,7-8,11-12,15,17,19H,3,5-6,9-10,13-14H2,1-2H3. The number of methoxy groups -OCH3 is 2. The minimum atomic E-state index is -0.824. The van der Waals surface area contributed by atoms with Crippen molar-refractivity contribution >= 4 is 23.4 Å². The molecule has 3 rings (SSSR count). The average molecular weight is 388 g/mol. The number of anilines is 1. The highest BCUT2D eigenvalue weighted by Gasteiger charge is 2.46. The predicted octanol–water partition coefficient (Wildman–Crippen LogP) is 2.35. The number of carbonyl (C=O) groups excluding carboxylic acids is 3. The summed E-state index contributed by atoms with van der Waals surface area (Å²) in [6, 6.07) is 8.00. The van der Waals surface area contributed by atoms with Crippen LogP contribution in [0.2, 0.25) is 0 Å². The number of benzene rings is 1. The molecule has 7 nitrogen and oxygen atoms in total. The molecule has 3 amide bonds. The molecule has 0 aromatic heterocycles. The van der Waals surface area contributed by atoms with Gasteiger partial charge in [-0.05, 0) is 25.0 Å². The van der Waals surface area contributed by atoms with Gasteiger partial charge in [0.15, 0.2) is 6.29 Å². The van der Waals surface area contributed by atoms with Crippen molar-refractivity contribution in [3.8, 4) is 0 Å². The lowest BCUT2D eigenvalue weighted by Gasteiger charge is -2.34. The van der Waals surface area contributed by atoms with Gasteiger partial charge in [0, 0.05) is 20.1 Å². The number of para-hydroxylation sites is 1. The van der Waals surface area contributed by atoms with E-state index in [0.29, 0.717) is 5.69 Å². The van der Waals surface area contributed by atoms with Gasteiger partial charge in [0.1, 0.15) is 6.04 Å². The van der Waals surface area contributed by atoms with E-state index in [9.17, 15) is 14.4 Å². The van der Waals surface area contributed by atoms with Gasteiger partial charge in [-0.25, -0.2) is 4.90 Å². The molecule has 1 saturated heterocycles. The lowest BCUT2D eigenvalue weighted by molar-refractivity contribution is -0.156. The summed E-state index contributed by atoms with van der Waals surface area (Å²) in [5.41, 5.74) is 0.528. The van der Waals surface area contributed by atoms with Gasteiger partial charge >= 0.3 is 0 Å². The molecule has 2 aliphatic rings. The number of amides is 3. The Morgan fingerprint density at radius 2 is 1.75 bits per heavy atom. The number of hydrogen-bond acceptors (Lipinski definition) is 5. The Morgan fingerprint density at radius 1 is 1.11 bits per heavy atom. The van der Waals surface area contributed by atoms with E-state index in [1.165, 1.54) is 24.0 Å². The van der Waals surface area contributed by atoms with Crippen molar-refractivity contribution in [3.05, 3.63) is 30.3 Å². The SMILES string of the molecule is COC(CN(C(=O)C1CCCCC1)C1CC(=O)N(c2ccccc2)C1=O)OC. The van der Waals surface area contributed by atoms with Gasteiger partial charge < -0.3 is 14.4 Å². The number of nitrogens with zero attached hydrogens (tertiary/aromatic N) is 2. The lowest BCUT2D eigenvalue weighted by Crippen LogP contribution is -2.51. The first kappa shape index (κ1) is 20.5. The molecule has 0 N–H and O–H groups in total. The van der Waals surface area contributed by atoms with E-state index in [2.05, 4.69) is 0 Å². The normalized spacial score (nSPS) is 20.8. The summed E-state index contributed by atoms with van der Waals surface area (Å²) in [6.07, 6.45) is 4.11. The topological polar surface area (TPSA) is 76.2 Å². The fourth-order valence-corrected chi connectivity index (χ4v) is 4.07. The Bertz CT molecular complexity index is 698. The molecule has 1 aliphatic carbocycles. The van der Waals surface area contributed by atoms with Crippen LogP contribution in [0, 0.1) is 5.92 Å². The van der Waals surface area contributed by atoms with Crippen LogP contribution in [0.25, 0.3) is 0 Å². The van der Waals surface area contributed by atoms with Crippen molar-refractivity contribution in [2.45, 2.75) is 50.9 Å². The Labute approximate surface area is 165 Å². The molecule has 1 heterocycles. The quantitative estimate of drug-likeness (QED) is 0.529. The zero-order valence-electron chi connectivity index (χ0n) is 16.5. The summed E-state index contributed by atoms with van der Waals surface area (Å²) in [5, 5.41) is 0. The summed E-state index contributed by atoms with van der Waals surface area (Å²) in [4.78, 5) is 41.7. The largest absolute Gasteiger partial charge is 0.354 e. The van der Waals surface area contributed by atoms with E-state index >= 15 is 0 Å². The Morgan fingerprint density at radius 3 is 2.36 bits per heavy atom. The molecular formula is C21H28N2O5. The van der Waals surface area contributed by atoms with Crippen molar-refractivity contribution in [2.24, 2.45) is 5.92 Å². The minimum Gasteiger partial charge on any atom is -0.354 e. The Hall–Kier alpha value is -2.25. The van der Waals surface area contributed by atoms with Crippen LogP contribution in [-0.4, -0.2) is 55.7 Å². The smallest absolute Gasteiger partial charge is 0.257 e. The molecule has 152 valence electrons. The maximum Gasteiger partial charge on any atom is 0.257 e. The third kappa shape index (κ3) is 4.25. The van der Waals surface area contributed by atoms with E-state index in [-0.39, 0.29) is 36.6 Å². The van der Waals surface area contributed by atoms with Crippen LogP contribution in [0.4, 0.5) is 5.69 Å². The first-order valence-corrected chi connectivity index (χ1v) is 9.84. The van der Waals surface area contributed by atoms with Crippen LogP contribution >= 0.6 is 0 Å². The molecule has 1 unspecified atom stereocenters. The maximum atomic E-state index is 13.3. The third-order valence-corrected chi connectivity index (χ3v) is 5.62. The van der Waals surface area contributed by atoms with E-state index in [1.807, 2.05) is 6.07 Å². The summed E-state index contributed by atoms with van der Waals surface area (Å²) >= 11 is 0. The van der Waals surface area contributed by atoms with Crippen molar-refractivity contribution in [1.82, 2.24) is 4.90 Å². The van der Waals surface area contributed by atoms with Gasteiger partial charge in [0.2, 0.25) is 11.8 Å². The average Bonchev–Trinajstić information content (AvgIpc) is 3.03. The van der Waals surface area contributed by atoms with Crippen LogP contribution in [-0.2, 0) is 23.9 Å². The van der Waals surface area contributed by atoms with Crippen LogP contribution in [0.3, 0.4) is 0 Å². The summed E-state index contributed by atoms with van der Waals surface area (Å²) in [7, 11) is 2.99. The van der Waals surface area contributed by atoms with Crippen LogP contribution in [0.15, 0.2) is 30.3 Å². The van der Waals surface area contributed by atoms with Gasteiger partial charge in [-0.15, -0.1) is 0 Å². The number of imide groups is 1. The van der Waals surface area contributed by atoms with Crippen molar-refractivity contribution in [3.63, 3.8) is 0 Å². The fraction of sp³-hybridized carbons (Fsp3) is 0.571. The van der Waals surface area contributed by atoms with Gasteiger partial charge in [-0.2, -0.15) is 0 Å². The number of ether oxygens (including phenoxy) is 2. The highest BCUT2D eigenvalue weighted by atomic mass is 16.7. The second-order valence-corrected chi connectivity index (χ2v) is 7.35. The van der Waals surface area contributed by atoms with Crippen molar-refractivity contribution in [2.75, 3.05) is 25.7 Å². The Balaban J connectivity index is 1.85. The van der Waals surface area contributed by atoms with Crippen molar-refractivity contribution < 1.29 is 23.9 Å². The van der Waals surface area contributed by atoms with Gasteiger partial charge in [-0.3, -0.25) is 14.4 Å². The summed E-state index contributed by atoms with van der Waals surface area (Å²) in [5.74, 6) is -0.864. The molecule has 1 saturated carbocycles. The number of hydrogen-bond donors (Lipinski definition) is 0. The molecule has 1 aromatic carbocycles. The highest BCUT2D eigenvalue weighted by molar-refractivity contribution is 6.23. The second kappa shape index (κ2) is 9.30. The van der Waals surface area contributed by atoms with E-state index in [4.69, 9.17) is 9.47 Å². The van der Waals surface area contributed by atoms with E-state index in [1.54, 1.807) is 24.3 Å². The van der Waals surface area contributed by atoms with Gasteiger partial charge in [-0.1, -0.05) is 37.5 Å². The lowest BCUT2D eigenvalue weighted by atomic mass is 9.88. The monoisotopic (exact) mass is 388 g/mol. The molecule has 1 aromatic rings. The summed E-state index contributed by atoms with van der Waals surface area (Å²) in [6.45, 7) is 0.120. The fourth-order valence-electron chi connectivity index (χ4n) is 4.07. The van der Waals surface area contributed by atoms with Crippen molar-refractivity contribution in [1.29, 1.82) is 0 Å². The summed E-state index contributed by atoms with van der Waals surface area (Å²) < 4.78 is 10.5. The van der Waals surface area contributed by atoms with E-state index in [0.717, 1.165) is 32.1 Å². The molecule has 1 atom stereocenters. The third-order valence-electron chi connectivity index (χ3n) is 5.62.